The molecule has 1 aliphatic heterocycles. The number of carbonyl (C=O) groups is 1. The van der Waals surface area contributed by atoms with Crippen molar-refractivity contribution in [3.63, 3.8) is 0 Å². The third-order valence-electron chi connectivity index (χ3n) is 5.60. The Hall–Kier alpha value is -2.41. The van der Waals surface area contributed by atoms with E-state index in [0.29, 0.717) is 24.6 Å². The number of oxazole rings is 1. The number of ether oxygens (including phenoxy) is 1. The lowest BCUT2D eigenvalue weighted by Gasteiger charge is -2.34. The molecule has 0 unspecified atom stereocenters. The molecule has 0 radical (unpaired) electrons. The molecule has 1 atom stereocenters. The maximum atomic E-state index is 14.3. The lowest BCUT2D eigenvalue weighted by molar-refractivity contribution is -0.137. The monoisotopic (exact) mass is 403 g/mol. The van der Waals surface area contributed by atoms with Crippen LogP contribution in [0.1, 0.15) is 38.1 Å². The van der Waals surface area contributed by atoms with E-state index in [-0.39, 0.29) is 23.3 Å². The third-order valence-corrected chi connectivity index (χ3v) is 5.60. The molecule has 1 amide bonds. The van der Waals surface area contributed by atoms with Crippen LogP contribution in [-0.2, 0) is 11.3 Å². The minimum Gasteiger partial charge on any atom is -0.497 e. The Balaban J connectivity index is 1.73. The van der Waals surface area contributed by atoms with Crippen molar-refractivity contribution >= 4 is 5.91 Å². The van der Waals surface area contributed by atoms with Crippen molar-refractivity contribution in [3.05, 3.63) is 35.5 Å². The van der Waals surface area contributed by atoms with Crippen molar-refractivity contribution in [2.24, 2.45) is 5.92 Å². The number of hydrogen-bond donors (Lipinski definition) is 0. The number of rotatable bonds is 7. The zero-order chi connectivity index (χ0) is 21.0. The number of piperidine rings is 1. The summed E-state index contributed by atoms with van der Waals surface area (Å²) in [5, 5.41) is 0. The van der Waals surface area contributed by atoms with Crippen LogP contribution in [0.4, 0.5) is 4.39 Å². The van der Waals surface area contributed by atoms with E-state index < -0.39 is 5.82 Å². The Bertz CT molecular complexity index is 848. The van der Waals surface area contributed by atoms with Gasteiger partial charge in [0.1, 0.15) is 17.3 Å². The van der Waals surface area contributed by atoms with Gasteiger partial charge in [-0.2, -0.15) is 0 Å². The molecule has 0 aliphatic carbocycles. The number of amides is 1. The molecule has 1 saturated heterocycles. The molecule has 0 spiro atoms. The van der Waals surface area contributed by atoms with Gasteiger partial charge >= 0.3 is 0 Å². The molecule has 0 N–H and O–H groups in total. The molecular weight excluding hydrogens is 373 g/mol. The van der Waals surface area contributed by atoms with E-state index >= 15 is 0 Å². The van der Waals surface area contributed by atoms with Crippen molar-refractivity contribution in [2.45, 2.75) is 40.2 Å². The minimum atomic E-state index is -0.401. The summed E-state index contributed by atoms with van der Waals surface area (Å²) in [4.78, 5) is 21.4. The van der Waals surface area contributed by atoms with Gasteiger partial charge in [-0.3, -0.25) is 9.69 Å². The quantitative estimate of drug-likeness (QED) is 0.702. The molecule has 158 valence electrons. The highest BCUT2D eigenvalue weighted by Gasteiger charge is 2.29. The van der Waals surface area contributed by atoms with Crippen LogP contribution < -0.4 is 4.74 Å². The van der Waals surface area contributed by atoms with Gasteiger partial charge in [0.25, 0.3) is 0 Å². The first-order chi connectivity index (χ1) is 14.0. The van der Waals surface area contributed by atoms with Gasteiger partial charge in [0.15, 0.2) is 0 Å². The van der Waals surface area contributed by atoms with Gasteiger partial charge in [-0.25, -0.2) is 9.37 Å². The van der Waals surface area contributed by atoms with Crippen molar-refractivity contribution < 1.29 is 18.3 Å². The molecular formula is C22H30FN3O3. The average Bonchev–Trinajstić information content (AvgIpc) is 3.09. The summed E-state index contributed by atoms with van der Waals surface area (Å²) in [6, 6.07) is 4.50. The smallest absolute Gasteiger partial charge is 0.229 e. The molecule has 1 aromatic heterocycles. The summed E-state index contributed by atoms with van der Waals surface area (Å²) in [6.07, 6.45) is 1.90. The maximum absolute atomic E-state index is 14.3. The van der Waals surface area contributed by atoms with Gasteiger partial charge in [0.05, 0.1) is 24.3 Å². The molecule has 1 fully saturated rings. The maximum Gasteiger partial charge on any atom is 0.229 e. The van der Waals surface area contributed by atoms with Crippen LogP contribution in [0.2, 0.25) is 0 Å². The van der Waals surface area contributed by atoms with E-state index in [9.17, 15) is 9.18 Å². The number of carbonyl (C=O) groups excluding carboxylic acids is 1. The molecule has 0 bridgehead atoms. The van der Waals surface area contributed by atoms with Crippen LogP contribution >= 0.6 is 0 Å². The van der Waals surface area contributed by atoms with Crippen molar-refractivity contribution in [3.8, 4) is 17.2 Å². The largest absolute Gasteiger partial charge is 0.497 e. The lowest BCUT2D eigenvalue weighted by atomic mass is 9.96. The number of aromatic nitrogens is 1. The fourth-order valence-electron chi connectivity index (χ4n) is 3.89. The van der Waals surface area contributed by atoms with Gasteiger partial charge < -0.3 is 14.1 Å². The Morgan fingerprint density at radius 2 is 2.14 bits per heavy atom. The second-order valence-electron chi connectivity index (χ2n) is 7.45. The Morgan fingerprint density at radius 1 is 1.38 bits per heavy atom. The number of halogens is 1. The van der Waals surface area contributed by atoms with E-state index in [4.69, 9.17) is 9.15 Å². The van der Waals surface area contributed by atoms with Crippen molar-refractivity contribution in [2.75, 3.05) is 33.3 Å². The van der Waals surface area contributed by atoms with Gasteiger partial charge in [-0.15, -0.1) is 0 Å². The predicted molar refractivity (Wildman–Crippen MR) is 109 cm³/mol. The van der Waals surface area contributed by atoms with Crippen LogP contribution in [-0.4, -0.2) is 54.0 Å². The van der Waals surface area contributed by atoms with Gasteiger partial charge in [0, 0.05) is 26.2 Å². The van der Waals surface area contributed by atoms with Crippen LogP contribution in [0.3, 0.4) is 0 Å². The normalized spacial score (nSPS) is 17.3. The van der Waals surface area contributed by atoms with Crippen molar-refractivity contribution in [1.82, 2.24) is 14.8 Å². The number of methoxy groups -OCH3 is 1. The van der Waals surface area contributed by atoms with E-state index in [0.717, 1.165) is 38.2 Å². The molecule has 0 saturated carbocycles. The van der Waals surface area contributed by atoms with Gasteiger partial charge in [0.2, 0.25) is 11.8 Å². The van der Waals surface area contributed by atoms with Crippen molar-refractivity contribution in [1.29, 1.82) is 0 Å². The van der Waals surface area contributed by atoms with Crippen LogP contribution in [0.15, 0.2) is 22.6 Å². The highest BCUT2D eigenvalue weighted by molar-refractivity contribution is 5.79. The average molecular weight is 403 g/mol. The Morgan fingerprint density at radius 3 is 2.83 bits per heavy atom. The second kappa shape index (κ2) is 9.39. The van der Waals surface area contributed by atoms with Gasteiger partial charge in [-0.1, -0.05) is 0 Å². The van der Waals surface area contributed by atoms with E-state index in [1.54, 1.807) is 12.1 Å². The fraction of sp³-hybridized carbons (Fsp3) is 0.545. The van der Waals surface area contributed by atoms with Gasteiger partial charge in [-0.05, 0) is 58.4 Å². The molecule has 29 heavy (non-hydrogen) atoms. The van der Waals surface area contributed by atoms with Crippen LogP contribution in [0.5, 0.6) is 5.75 Å². The fourth-order valence-corrected chi connectivity index (χ4v) is 3.89. The molecule has 1 aromatic carbocycles. The van der Waals surface area contributed by atoms with E-state index in [1.807, 2.05) is 25.7 Å². The number of likely N-dealkylation sites (tertiary alicyclic amines) is 1. The molecule has 1 aliphatic rings. The number of benzene rings is 1. The van der Waals surface area contributed by atoms with E-state index in [2.05, 4.69) is 9.88 Å². The standard InChI is InChI=1S/C22H30FN3O3/c1-5-26(6-2)22(27)16-8-7-11-25(13-16)14-20-15(3)29-21(24-20)18-12-17(28-4)9-10-19(18)23/h9-10,12,16H,5-8,11,13-14H2,1-4H3/t16-/m0/s1. The molecule has 6 nitrogen and oxygen atoms in total. The molecule has 7 heteroatoms. The highest BCUT2D eigenvalue weighted by atomic mass is 19.1. The third kappa shape index (κ3) is 4.78. The summed E-state index contributed by atoms with van der Waals surface area (Å²) >= 11 is 0. The Kier molecular flexibility index (Phi) is 6.90. The summed E-state index contributed by atoms with van der Waals surface area (Å²) in [6.45, 7) is 9.56. The number of aryl methyl sites for hydroxylation is 1. The van der Waals surface area contributed by atoms with E-state index in [1.165, 1.54) is 13.2 Å². The first kappa shape index (κ1) is 21.3. The molecule has 2 aromatic rings. The predicted octanol–water partition coefficient (Wildman–Crippen LogP) is 3.88. The molecule has 3 rings (SSSR count). The SMILES string of the molecule is CCN(CC)C(=O)[C@H]1CCCN(Cc2nc(-c3cc(OC)ccc3F)oc2C)C1. The zero-order valence-corrected chi connectivity index (χ0v) is 17.7. The Labute approximate surface area is 171 Å². The number of hydrogen-bond acceptors (Lipinski definition) is 5. The minimum absolute atomic E-state index is 0.0196. The topological polar surface area (TPSA) is 58.8 Å². The summed E-state index contributed by atoms with van der Waals surface area (Å²) < 4.78 is 25.2. The van der Waals surface area contributed by atoms with Crippen LogP contribution in [0, 0.1) is 18.7 Å². The second-order valence-corrected chi connectivity index (χ2v) is 7.45. The summed E-state index contributed by atoms with van der Waals surface area (Å²) in [5.74, 6) is 1.32. The lowest BCUT2D eigenvalue weighted by Crippen LogP contribution is -2.44. The first-order valence-electron chi connectivity index (χ1n) is 10.3. The first-order valence-corrected chi connectivity index (χ1v) is 10.3. The zero-order valence-electron chi connectivity index (χ0n) is 17.7. The van der Waals surface area contributed by atoms with Crippen LogP contribution in [0.25, 0.3) is 11.5 Å². The summed E-state index contributed by atoms with van der Waals surface area (Å²) in [5.41, 5.74) is 1.06. The number of nitrogens with zero attached hydrogens (tertiary/aromatic N) is 3. The molecule has 2 heterocycles. The highest BCUT2D eigenvalue weighted by Crippen LogP contribution is 2.29. The summed E-state index contributed by atoms with van der Waals surface area (Å²) in [7, 11) is 1.54.